The Morgan fingerprint density at radius 1 is 1.45 bits per heavy atom. The maximum absolute atomic E-state index is 10.2. The van der Waals surface area contributed by atoms with E-state index in [4.69, 9.17) is 9.94 Å². The minimum atomic E-state index is -1.37. The van der Waals surface area contributed by atoms with Crippen LogP contribution in [-0.2, 0) is 4.84 Å². The van der Waals surface area contributed by atoms with Crippen molar-refractivity contribution in [1.82, 2.24) is 20.0 Å². The molecule has 0 radical (unpaired) electrons. The number of H-pyrrole nitrogens is 1. The minimum Gasteiger partial charge on any atom is -0.388 e. The van der Waals surface area contributed by atoms with Gasteiger partial charge in [0.2, 0.25) is 0 Å². The average molecular weight is 306 g/mol. The van der Waals surface area contributed by atoms with E-state index in [1.807, 2.05) is 0 Å². The van der Waals surface area contributed by atoms with E-state index < -0.39 is 12.8 Å². The number of hydroxylamine groups is 2. The number of anilines is 1. The first-order chi connectivity index (χ1) is 10.7. The molecule has 0 spiro atoms. The predicted octanol–water partition coefficient (Wildman–Crippen LogP) is -0.314. The zero-order valence-corrected chi connectivity index (χ0v) is 11.6. The van der Waals surface area contributed by atoms with Crippen LogP contribution < -0.4 is 5.48 Å². The Morgan fingerprint density at radius 3 is 3.00 bits per heavy atom. The van der Waals surface area contributed by atoms with Crippen molar-refractivity contribution < 1.29 is 20.3 Å². The molecule has 10 heteroatoms. The largest absolute Gasteiger partial charge is 0.388 e. The van der Waals surface area contributed by atoms with E-state index in [2.05, 4.69) is 25.4 Å². The van der Waals surface area contributed by atoms with Gasteiger partial charge in [-0.25, -0.2) is 25.5 Å². The van der Waals surface area contributed by atoms with Crippen molar-refractivity contribution in [3.63, 3.8) is 0 Å². The Morgan fingerprint density at radius 2 is 2.27 bits per heavy atom. The Hall–Kier alpha value is -2.53. The van der Waals surface area contributed by atoms with Gasteiger partial charge in [0.15, 0.2) is 17.9 Å². The maximum Gasteiger partial charge on any atom is 0.180 e. The molecule has 1 aliphatic heterocycles. The lowest BCUT2D eigenvalue weighted by Crippen LogP contribution is -2.41. The smallest absolute Gasteiger partial charge is 0.180 e. The van der Waals surface area contributed by atoms with Crippen molar-refractivity contribution in [1.29, 1.82) is 0 Å². The van der Waals surface area contributed by atoms with Crippen LogP contribution in [0.2, 0.25) is 0 Å². The van der Waals surface area contributed by atoms with Gasteiger partial charge in [-0.2, -0.15) is 0 Å². The normalized spacial score (nSPS) is 18.4. The van der Waals surface area contributed by atoms with E-state index in [9.17, 15) is 10.3 Å². The van der Waals surface area contributed by atoms with Crippen LogP contribution in [0, 0.1) is 0 Å². The van der Waals surface area contributed by atoms with Crippen LogP contribution in [0.4, 0.5) is 5.82 Å². The van der Waals surface area contributed by atoms with E-state index >= 15 is 0 Å². The number of aliphatic hydroxyl groups excluding tert-OH is 2. The monoisotopic (exact) mass is 306 g/mol. The molecule has 116 valence electrons. The van der Waals surface area contributed by atoms with E-state index in [0.29, 0.717) is 33.1 Å². The van der Waals surface area contributed by atoms with Gasteiger partial charge in [0.05, 0.1) is 7.11 Å². The van der Waals surface area contributed by atoms with Crippen molar-refractivity contribution in [2.24, 2.45) is 4.99 Å². The number of nitrogens with one attached hydrogen (secondary N) is 2. The fourth-order valence-corrected chi connectivity index (χ4v) is 2.20. The van der Waals surface area contributed by atoms with Crippen molar-refractivity contribution in [3.8, 4) is 0 Å². The maximum atomic E-state index is 10.2. The molecule has 0 unspecified atom stereocenters. The summed E-state index contributed by atoms with van der Waals surface area (Å²) < 4.78 is 0. The third-order valence-corrected chi connectivity index (χ3v) is 3.24. The third-order valence-electron chi connectivity index (χ3n) is 3.24. The highest BCUT2D eigenvalue weighted by molar-refractivity contribution is 5.97. The van der Waals surface area contributed by atoms with Gasteiger partial charge in [-0.15, -0.1) is 0 Å². The third kappa shape index (κ3) is 2.19. The first-order valence-corrected chi connectivity index (χ1v) is 6.32. The van der Waals surface area contributed by atoms with Crippen LogP contribution in [0.15, 0.2) is 23.7 Å². The van der Waals surface area contributed by atoms with Crippen LogP contribution in [0.5, 0.6) is 0 Å². The molecule has 0 aromatic carbocycles. The standard InChI is InChI=1S/C12H14N6O4/c1-22-17-11-10-9(15-5-16-11)6(2-14-10)7-3-13-8(4-19)18(21)12(7)20/h2-3,5,12,14,19-21H,4H2,1H3,(H,15,16,17)/t12-/m0/s1. The molecular weight excluding hydrogens is 292 g/mol. The summed E-state index contributed by atoms with van der Waals surface area (Å²) >= 11 is 0. The summed E-state index contributed by atoms with van der Waals surface area (Å²) in [5.41, 5.74) is 4.59. The van der Waals surface area contributed by atoms with Crippen molar-refractivity contribution in [3.05, 3.63) is 24.3 Å². The molecule has 5 N–H and O–H groups in total. The number of aromatic nitrogens is 3. The molecule has 22 heavy (non-hydrogen) atoms. The fourth-order valence-electron chi connectivity index (χ4n) is 2.20. The number of aromatic amines is 1. The molecule has 0 saturated carbocycles. The van der Waals surface area contributed by atoms with Gasteiger partial charge in [0.25, 0.3) is 0 Å². The molecule has 0 fully saturated rings. The summed E-state index contributed by atoms with van der Waals surface area (Å²) in [4.78, 5) is 19.9. The highest BCUT2D eigenvalue weighted by Gasteiger charge is 2.28. The number of nitrogens with zero attached hydrogens (tertiary/aromatic N) is 4. The summed E-state index contributed by atoms with van der Waals surface area (Å²) in [5.74, 6) is 0.387. The molecule has 1 aliphatic rings. The van der Waals surface area contributed by atoms with Gasteiger partial charge < -0.3 is 15.2 Å². The molecule has 2 aromatic rings. The van der Waals surface area contributed by atoms with Crippen LogP contribution in [-0.4, -0.2) is 61.2 Å². The number of amidine groups is 1. The van der Waals surface area contributed by atoms with E-state index in [0.717, 1.165) is 0 Å². The second-order valence-electron chi connectivity index (χ2n) is 4.46. The van der Waals surface area contributed by atoms with Crippen LogP contribution in [0.3, 0.4) is 0 Å². The van der Waals surface area contributed by atoms with Crippen molar-refractivity contribution >= 4 is 28.3 Å². The Labute approximate surface area is 124 Å². The number of aliphatic hydroxyl groups is 2. The van der Waals surface area contributed by atoms with E-state index in [1.54, 1.807) is 6.20 Å². The second kappa shape index (κ2) is 5.69. The van der Waals surface area contributed by atoms with Crippen LogP contribution in [0.1, 0.15) is 5.56 Å². The topological polar surface area (TPSA) is 139 Å². The molecule has 0 aliphatic carbocycles. The summed E-state index contributed by atoms with van der Waals surface area (Å²) in [6.45, 7) is -0.491. The van der Waals surface area contributed by atoms with E-state index in [-0.39, 0.29) is 5.84 Å². The molecule has 1 atom stereocenters. The lowest BCUT2D eigenvalue weighted by Gasteiger charge is -2.27. The molecule has 0 bridgehead atoms. The quantitative estimate of drug-likeness (QED) is 0.485. The average Bonchev–Trinajstić information content (AvgIpc) is 2.95. The molecule has 0 amide bonds. The zero-order valence-electron chi connectivity index (χ0n) is 11.6. The number of fused-ring (bicyclic) bond motifs is 1. The van der Waals surface area contributed by atoms with Crippen LogP contribution in [0.25, 0.3) is 16.6 Å². The lowest BCUT2D eigenvalue weighted by atomic mass is 10.1. The summed E-state index contributed by atoms with van der Waals surface area (Å²) in [6, 6.07) is 0. The number of hydrogen-bond acceptors (Lipinski definition) is 9. The number of rotatable bonds is 4. The fraction of sp³-hybridized carbons (Fsp3) is 0.250. The molecule has 10 nitrogen and oxygen atoms in total. The first-order valence-electron chi connectivity index (χ1n) is 6.32. The molecule has 2 aromatic heterocycles. The summed E-state index contributed by atoms with van der Waals surface area (Å²) in [6.07, 6.45) is 2.96. The number of aliphatic imine (C=N–C) groups is 1. The summed E-state index contributed by atoms with van der Waals surface area (Å²) in [5, 5.41) is 29.5. The Bertz CT molecular complexity index is 755. The van der Waals surface area contributed by atoms with Gasteiger partial charge in [-0.05, 0) is 0 Å². The van der Waals surface area contributed by atoms with Gasteiger partial charge in [0.1, 0.15) is 24.0 Å². The van der Waals surface area contributed by atoms with Crippen molar-refractivity contribution in [2.45, 2.75) is 6.23 Å². The van der Waals surface area contributed by atoms with Gasteiger partial charge in [-0.1, -0.05) is 0 Å². The Kier molecular flexibility index (Phi) is 3.73. The number of hydrogen-bond donors (Lipinski definition) is 5. The first kappa shape index (κ1) is 14.4. The minimum absolute atomic E-state index is 0.0487. The van der Waals surface area contributed by atoms with Gasteiger partial charge in [0, 0.05) is 23.5 Å². The highest BCUT2D eigenvalue weighted by atomic mass is 16.6. The van der Waals surface area contributed by atoms with Gasteiger partial charge >= 0.3 is 0 Å². The van der Waals surface area contributed by atoms with Gasteiger partial charge in [-0.3, -0.25) is 10.0 Å². The second-order valence-corrected chi connectivity index (χ2v) is 4.46. The van der Waals surface area contributed by atoms with Crippen molar-refractivity contribution in [2.75, 3.05) is 19.2 Å². The lowest BCUT2D eigenvalue weighted by molar-refractivity contribution is -0.114. The van der Waals surface area contributed by atoms with E-state index in [1.165, 1.54) is 19.6 Å². The molecule has 3 heterocycles. The zero-order chi connectivity index (χ0) is 15.7. The Balaban J connectivity index is 2.09. The molecule has 0 saturated heterocycles. The predicted molar refractivity (Wildman–Crippen MR) is 76.7 cm³/mol. The highest BCUT2D eigenvalue weighted by Crippen LogP contribution is 2.30. The molecular formula is C12H14N6O4. The van der Waals surface area contributed by atoms with Crippen LogP contribution >= 0.6 is 0 Å². The molecule has 3 rings (SSSR count). The SMILES string of the molecule is CONc1ncnc2c(C3=CN=C(CO)N(O)[C@H]3O)c[nH]c12. The summed E-state index contributed by atoms with van der Waals surface area (Å²) in [7, 11) is 1.46.